The SMILES string of the molecule is COc1cccc(CN2CCCC(O)(CNCc3ccco3)C2=O)c1OC. The number of hydrogen-bond acceptors (Lipinski definition) is 6. The van der Waals surface area contributed by atoms with Crippen molar-refractivity contribution in [2.24, 2.45) is 0 Å². The summed E-state index contributed by atoms with van der Waals surface area (Å²) < 4.78 is 16.0. The first kappa shape index (κ1) is 19.3. The van der Waals surface area contributed by atoms with E-state index in [0.717, 1.165) is 17.7 Å². The number of aliphatic hydroxyl groups is 1. The van der Waals surface area contributed by atoms with Gasteiger partial charge in [-0.3, -0.25) is 4.79 Å². The van der Waals surface area contributed by atoms with Gasteiger partial charge in [0.25, 0.3) is 5.91 Å². The predicted molar refractivity (Wildman–Crippen MR) is 99.6 cm³/mol. The molecule has 0 bridgehead atoms. The van der Waals surface area contributed by atoms with Crippen LogP contribution in [0.1, 0.15) is 24.2 Å². The average Bonchev–Trinajstić information content (AvgIpc) is 3.19. The van der Waals surface area contributed by atoms with Crippen LogP contribution < -0.4 is 14.8 Å². The van der Waals surface area contributed by atoms with E-state index in [1.807, 2.05) is 24.3 Å². The lowest BCUT2D eigenvalue weighted by Gasteiger charge is -2.38. The number of ether oxygens (including phenoxy) is 2. The highest BCUT2D eigenvalue weighted by Gasteiger charge is 2.42. The summed E-state index contributed by atoms with van der Waals surface area (Å²) in [5.74, 6) is 1.72. The molecule has 1 aliphatic rings. The molecule has 1 atom stereocenters. The molecule has 1 saturated heterocycles. The molecule has 1 amide bonds. The summed E-state index contributed by atoms with van der Waals surface area (Å²) in [5, 5.41) is 14.0. The molecule has 1 fully saturated rings. The van der Waals surface area contributed by atoms with Crippen molar-refractivity contribution >= 4 is 5.91 Å². The van der Waals surface area contributed by atoms with Gasteiger partial charge < -0.3 is 29.2 Å². The maximum atomic E-state index is 12.9. The second kappa shape index (κ2) is 8.45. The summed E-state index contributed by atoms with van der Waals surface area (Å²) in [6, 6.07) is 9.23. The number of amides is 1. The molecule has 1 unspecified atom stereocenters. The molecule has 146 valence electrons. The zero-order valence-electron chi connectivity index (χ0n) is 15.7. The van der Waals surface area contributed by atoms with Crippen molar-refractivity contribution in [2.75, 3.05) is 27.3 Å². The molecule has 7 nitrogen and oxygen atoms in total. The van der Waals surface area contributed by atoms with Crippen LogP contribution in [0, 0.1) is 0 Å². The minimum atomic E-state index is -1.42. The number of nitrogens with one attached hydrogen (secondary N) is 1. The van der Waals surface area contributed by atoms with Crippen LogP contribution in [0.4, 0.5) is 0 Å². The van der Waals surface area contributed by atoms with Crippen LogP contribution in [0.25, 0.3) is 0 Å². The second-order valence-electron chi connectivity index (χ2n) is 6.70. The van der Waals surface area contributed by atoms with E-state index < -0.39 is 5.60 Å². The van der Waals surface area contributed by atoms with E-state index in [1.54, 1.807) is 31.4 Å². The van der Waals surface area contributed by atoms with Gasteiger partial charge in [-0.15, -0.1) is 0 Å². The zero-order valence-corrected chi connectivity index (χ0v) is 15.7. The summed E-state index contributed by atoms with van der Waals surface area (Å²) in [7, 11) is 3.16. The number of rotatable bonds is 8. The maximum absolute atomic E-state index is 12.9. The van der Waals surface area contributed by atoms with Crippen LogP contribution in [0.3, 0.4) is 0 Å². The molecule has 1 aliphatic heterocycles. The second-order valence-corrected chi connectivity index (χ2v) is 6.70. The van der Waals surface area contributed by atoms with E-state index in [0.29, 0.717) is 37.6 Å². The number of likely N-dealkylation sites (tertiary alicyclic amines) is 1. The van der Waals surface area contributed by atoms with E-state index in [-0.39, 0.29) is 12.5 Å². The first-order chi connectivity index (χ1) is 13.1. The minimum absolute atomic E-state index is 0.179. The summed E-state index contributed by atoms with van der Waals surface area (Å²) in [5.41, 5.74) is -0.574. The number of para-hydroxylation sites is 1. The molecule has 3 rings (SSSR count). The standard InChI is InChI=1S/C20H26N2O5/c1-25-17-8-3-6-15(18(17)26-2)13-22-10-5-9-20(24,19(22)23)14-21-12-16-7-4-11-27-16/h3-4,6-8,11,21,24H,5,9-10,12-14H2,1-2H3. The third kappa shape index (κ3) is 4.26. The highest BCUT2D eigenvalue weighted by Crippen LogP contribution is 2.33. The van der Waals surface area contributed by atoms with Crippen LogP contribution in [0.2, 0.25) is 0 Å². The number of furan rings is 1. The van der Waals surface area contributed by atoms with Gasteiger partial charge in [0.2, 0.25) is 0 Å². The van der Waals surface area contributed by atoms with Gasteiger partial charge in [0, 0.05) is 25.2 Å². The van der Waals surface area contributed by atoms with Crippen molar-refractivity contribution < 1.29 is 23.8 Å². The Morgan fingerprint density at radius 2 is 2.11 bits per heavy atom. The van der Waals surface area contributed by atoms with Gasteiger partial charge in [0.15, 0.2) is 17.1 Å². The van der Waals surface area contributed by atoms with Gasteiger partial charge in [-0.25, -0.2) is 0 Å². The average molecular weight is 374 g/mol. The van der Waals surface area contributed by atoms with E-state index in [9.17, 15) is 9.90 Å². The third-order valence-corrected chi connectivity index (χ3v) is 4.85. The summed E-state index contributed by atoms with van der Waals surface area (Å²) >= 11 is 0. The van der Waals surface area contributed by atoms with Crippen molar-refractivity contribution in [2.45, 2.75) is 31.5 Å². The fourth-order valence-electron chi connectivity index (χ4n) is 3.47. The number of piperidine rings is 1. The smallest absolute Gasteiger partial charge is 0.256 e. The van der Waals surface area contributed by atoms with Gasteiger partial charge in [-0.05, 0) is 31.0 Å². The van der Waals surface area contributed by atoms with E-state index >= 15 is 0 Å². The van der Waals surface area contributed by atoms with E-state index in [2.05, 4.69) is 5.32 Å². The molecule has 0 radical (unpaired) electrons. The van der Waals surface area contributed by atoms with Gasteiger partial charge in [-0.2, -0.15) is 0 Å². The van der Waals surface area contributed by atoms with E-state index in [1.165, 1.54) is 0 Å². The largest absolute Gasteiger partial charge is 0.493 e. The van der Waals surface area contributed by atoms with Crippen LogP contribution in [0.15, 0.2) is 41.0 Å². The Bertz CT molecular complexity index is 762. The fraction of sp³-hybridized carbons (Fsp3) is 0.450. The molecule has 1 aromatic heterocycles. The number of methoxy groups -OCH3 is 2. The molecule has 1 aromatic carbocycles. The Balaban J connectivity index is 1.67. The lowest BCUT2D eigenvalue weighted by atomic mass is 9.91. The normalized spacial score (nSPS) is 20.0. The first-order valence-corrected chi connectivity index (χ1v) is 9.02. The summed E-state index contributed by atoms with van der Waals surface area (Å²) in [6.45, 7) is 1.60. The van der Waals surface area contributed by atoms with Gasteiger partial charge in [0.05, 0.1) is 27.0 Å². The number of carbonyl (C=O) groups excluding carboxylic acids is 1. The quantitative estimate of drug-likeness (QED) is 0.735. The Morgan fingerprint density at radius 3 is 2.81 bits per heavy atom. The number of hydrogen-bond donors (Lipinski definition) is 2. The molecule has 27 heavy (non-hydrogen) atoms. The Hall–Kier alpha value is -2.51. The number of benzene rings is 1. The van der Waals surface area contributed by atoms with Crippen molar-refractivity contribution in [3.63, 3.8) is 0 Å². The first-order valence-electron chi connectivity index (χ1n) is 9.02. The van der Waals surface area contributed by atoms with Crippen molar-refractivity contribution in [3.05, 3.63) is 47.9 Å². The molecule has 2 N–H and O–H groups in total. The minimum Gasteiger partial charge on any atom is -0.493 e. The fourth-order valence-corrected chi connectivity index (χ4v) is 3.47. The summed E-state index contributed by atoms with van der Waals surface area (Å²) in [4.78, 5) is 14.6. The molecule has 0 aliphatic carbocycles. The monoisotopic (exact) mass is 374 g/mol. The predicted octanol–water partition coefficient (Wildman–Crippen LogP) is 1.94. The molecular formula is C20H26N2O5. The Kier molecular flexibility index (Phi) is 6.03. The van der Waals surface area contributed by atoms with Crippen molar-refractivity contribution in [3.8, 4) is 11.5 Å². The van der Waals surface area contributed by atoms with Crippen molar-refractivity contribution in [1.82, 2.24) is 10.2 Å². The Morgan fingerprint density at radius 1 is 1.26 bits per heavy atom. The molecular weight excluding hydrogens is 348 g/mol. The molecule has 0 saturated carbocycles. The van der Waals surface area contributed by atoms with Crippen LogP contribution in [-0.2, 0) is 17.9 Å². The number of carbonyl (C=O) groups is 1. The van der Waals surface area contributed by atoms with Crippen LogP contribution in [0.5, 0.6) is 11.5 Å². The summed E-state index contributed by atoms with van der Waals surface area (Å²) in [6.07, 6.45) is 2.76. The van der Waals surface area contributed by atoms with Crippen LogP contribution in [-0.4, -0.2) is 48.8 Å². The lowest BCUT2D eigenvalue weighted by molar-refractivity contribution is -0.157. The van der Waals surface area contributed by atoms with Gasteiger partial charge >= 0.3 is 0 Å². The molecule has 0 spiro atoms. The zero-order chi connectivity index (χ0) is 19.3. The topological polar surface area (TPSA) is 84.2 Å². The van der Waals surface area contributed by atoms with Gasteiger partial charge in [0.1, 0.15) is 5.76 Å². The molecule has 2 heterocycles. The molecule has 2 aromatic rings. The Labute approximate surface area is 158 Å². The number of nitrogens with zero attached hydrogens (tertiary/aromatic N) is 1. The highest BCUT2D eigenvalue weighted by atomic mass is 16.5. The van der Waals surface area contributed by atoms with Crippen molar-refractivity contribution in [1.29, 1.82) is 0 Å². The maximum Gasteiger partial charge on any atom is 0.256 e. The lowest BCUT2D eigenvalue weighted by Crippen LogP contribution is -2.57. The van der Waals surface area contributed by atoms with Crippen LogP contribution >= 0.6 is 0 Å². The van der Waals surface area contributed by atoms with Gasteiger partial charge in [-0.1, -0.05) is 12.1 Å². The molecule has 7 heteroatoms. The third-order valence-electron chi connectivity index (χ3n) is 4.85. The van der Waals surface area contributed by atoms with E-state index in [4.69, 9.17) is 13.9 Å². The highest BCUT2D eigenvalue weighted by molar-refractivity contribution is 5.86.